The Morgan fingerprint density at radius 1 is 1.20 bits per heavy atom. The van der Waals surface area contributed by atoms with Gasteiger partial charge in [0.1, 0.15) is 5.75 Å². The minimum atomic E-state index is 0.218. The first-order valence-corrected chi connectivity index (χ1v) is 6.87. The van der Waals surface area contributed by atoms with E-state index in [1.54, 1.807) is 13.3 Å². The summed E-state index contributed by atoms with van der Waals surface area (Å²) in [5, 5.41) is 3.37. The zero-order valence-electron chi connectivity index (χ0n) is 12.6. The lowest BCUT2D eigenvalue weighted by molar-refractivity contribution is 0.399. The lowest BCUT2D eigenvalue weighted by atomic mass is 9.97. The van der Waals surface area contributed by atoms with E-state index in [1.807, 2.05) is 19.3 Å². The number of nitrogens with one attached hydrogen (secondary N) is 1. The van der Waals surface area contributed by atoms with E-state index in [-0.39, 0.29) is 6.04 Å². The molecule has 1 heterocycles. The van der Waals surface area contributed by atoms with Crippen molar-refractivity contribution in [2.24, 2.45) is 0 Å². The largest absolute Gasteiger partial charge is 0.495 e. The van der Waals surface area contributed by atoms with E-state index >= 15 is 0 Å². The number of rotatable bonds is 5. The maximum absolute atomic E-state index is 5.41. The summed E-state index contributed by atoms with van der Waals surface area (Å²) in [5.74, 6) is 0.829. The predicted molar refractivity (Wildman–Crippen MR) is 82.2 cm³/mol. The molecular weight excluding hydrogens is 248 g/mol. The zero-order chi connectivity index (χ0) is 14.5. The number of likely N-dealkylation sites (N-methyl/N-ethyl adjacent to an activating group) is 1. The Bertz CT molecular complexity index is 581. The van der Waals surface area contributed by atoms with Crippen molar-refractivity contribution >= 4 is 0 Å². The Balaban J connectivity index is 2.26. The normalized spacial score (nSPS) is 12.2. The van der Waals surface area contributed by atoms with Crippen LogP contribution in [0.1, 0.15) is 28.3 Å². The van der Waals surface area contributed by atoms with Crippen LogP contribution in [0.3, 0.4) is 0 Å². The maximum Gasteiger partial charge on any atom is 0.141 e. The first kappa shape index (κ1) is 14.5. The fourth-order valence-corrected chi connectivity index (χ4v) is 2.38. The second-order valence-electron chi connectivity index (χ2n) is 5.08. The van der Waals surface area contributed by atoms with Crippen molar-refractivity contribution in [3.8, 4) is 5.75 Å². The Labute approximate surface area is 121 Å². The minimum Gasteiger partial charge on any atom is -0.495 e. The molecule has 0 amide bonds. The van der Waals surface area contributed by atoms with Crippen LogP contribution in [0.15, 0.2) is 36.7 Å². The molecule has 3 heteroatoms. The quantitative estimate of drug-likeness (QED) is 0.906. The van der Waals surface area contributed by atoms with E-state index < -0.39 is 0 Å². The minimum absolute atomic E-state index is 0.218. The van der Waals surface area contributed by atoms with Gasteiger partial charge in [-0.1, -0.05) is 18.2 Å². The molecule has 1 atom stereocenters. The van der Waals surface area contributed by atoms with Gasteiger partial charge in [0.25, 0.3) is 0 Å². The van der Waals surface area contributed by atoms with Crippen LogP contribution in [0.2, 0.25) is 0 Å². The van der Waals surface area contributed by atoms with Gasteiger partial charge in [-0.2, -0.15) is 0 Å². The van der Waals surface area contributed by atoms with E-state index in [0.717, 1.165) is 17.7 Å². The molecule has 0 fully saturated rings. The predicted octanol–water partition coefficient (Wildman–Crippen LogP) is 3.21. The summed E-state index contributed by atoms with van der Waals surface area (Å²) < 4.78 is 5.41. The highest BCUT2D eigenvalue weighted by Crippen LogP contribution is 2.26. The van der Waals surface area contributed by atoms with Crippen molar-refractivity contribution in [2.45, 2.75) is 26.3 Å². The third-order valence-electron chi connectivity index (χ3n) is 3.77. The smallest absolute Gasteiger partial charge is 0.141 e. The van der Waals surface area contributed by atoms with Crippen molar-refractivity contribution in [1.82, 2.24) is 10.3 Å². The van der Waals surface area contributed by atoms with Crippen molar-refractivity contribution in [3.05, 3.63) is 58.9 Å². The lowest BCUT2D eigenvalue weighted by Crippen LogP contribution is -2.19. The third kappa shape index (κ3) is 3.17. The molecule has 1 aromatic heterocycles. The summed E-state index contributed by atoms with van der Waals surface area (Å²) in [6.45, 7) is 4.29. The fourth-order valence-electron chi connectivity index (χ4n) is 2.38. The van der Waals surface area contributed by atoms with Gasteiger partial charge in [0.2, 0.25) is 0 Å². The Kier molecular flexibility index (Phi) is 4.74. The molecular formula is C17H22N2O. The fraction of sp³-hybridized carbons (Fsp3) is 0.353. The zero-order valence-corrected chi connectivity index (χ0v) is 12.6. The van der Waals surface area contributed by atoms with Crippen LogP contribution in [0, 0.1) is 13.8 Å². The standard InChI is InChI=1S/C17H22N2O/c1-12-5-6-14(9-13(12)2)10-16(18-3)15-7-8-19-11-17(15)20-4/h5-9,11,16,18H,10H2,1-4H3. The molecule has 2 rings (SSSR count). The van der Waals surface area contributed by atoms with Crippen LogP contribution in [-0.4, -0.2) is 19.1 Å². The number of nitrogens with zero attached hydrogens (tertiary/aromatic N) is 1. The van der Waals surface area contributed by atoms with E-state index in [1.165, 1.54) is 16.7 Å². The van der Waals surface area contributed by atoms with Gasteiger partial charge in [-0.3, -0.25) is 4.98 Å². The molecule has 106 valence electrons. The lowest BCUT2D eigenvalue weighted by Gasteiger charge is -2.19. The van der Waals surface area contributed by atoms with Gasteiger partial charge >= 0.3 is 0 Å². The Morgan fingerprint density at radius 3 is 2.65 bits per heavy atom. The number of methoxy groups -OCH3 is 1. The molecule has 3 nitrogen and oxygen atoms in total. The van der Waals surface area contributed by atoms with Crippen LogP contribution >= 0.6 is 0 Å². The van der Waals surface area contributed by atoms with Crippen molar-refractivity contribution < 1.29 is 4.74 Å². The molecule has 0 radical (unpaired) electrons. The van der Waals surface area contributed by atoms with Gasteiger partial charge < -0.3 is 10.1 Å². The summed E-state index contributed by atoms with van der Waals surface area (Å²) in [6, 6.07) is 8.87. The van der Waals surface area contributed by atoms with Crippen LogP contribution in [-0.2, 0) is 6.42 Å². The number of hydrogen-bond donors (Lipinski definition) is 1. The molecule has 0 saturated heterocycles. The number of ether oxygens (including phenoxy) is 1. The molecule has 0 bridgehead atoms. The summed E-state index contributed by atoms with van der Waals surface area (Å²) in [7, 11) is 3.66. The third-order valence-corrected chi connectivity index (χ3v) is 3.77. The molecule has 0 aliphatic rings. The van der Waals surface area contributed by atoms with E-state index in [2.05, 4.69) is 42.3 Å². The number of aromatic nitrogens is 1. The highest BCUT2D eigenvalue weighted by atomic mass is 16.5. The van der Waals surface area contributed by atoms with Gasteiger partial charge in [-0.15, -0.1) is 0 Å². The second-order valence-corrected chi connectivity index (χ2v) is 5.08. The maximum atomic E-state index is 5.41. The SMILES string of the molecule is CNC(Cc1ccc(C)c(C)c1)c1ccncc1OC. The van der Waals surface area contributed by atoms with Crippen LogP contribution in [0.5, 0.6) is 5.75 Å². The van der Waals surface area contributed by atoms with Crippen LogP contribution < -0.4 is 10.1 Å². The topological polar surface area (TPSA) is 34.2 Å². The van der Waals surface area contributed by atoms with Gasteiger partial charge in [0.05, 0.1) is 13.3 Å². The van der Waals surface area contributed by atoms with Crippen molar-refractivity contribution in [3.63, 3.8) is 0 Å². The number of aryl methyl sites for hydroxylation is 2. The van der Waals surface area contributed by atoms with Gasteiger partial charge in [0.15, 0.2) is 0 Å². The highest BCUT2D eigenvalue weighted by Gasteiger charge is 2.15. The van der Waals surface area contributed by atoms with Crippen LogP contribution in [0.4, 0.5) is 0 Å². The number of hydrogen-bond acceptors (Lipinski definition) is 3. The van der Waals surface area contributed by atoms with Crippen LogP contribution in [0.25, 0.3) is 0 Å². The van der Waals surface area contributed by atoms with Gasteiger partial charge in [-0.05, 0) is 50.1 Å². The molecule has 1 aromatic carbocycles. The average molecular weight is 270 g/mol. The molecule has 1 unspecified atom stereocenters. The first-order chi connectivity index (χ1) is 9.65. The summed E-state index contributed by atoms with van der Waals surface area (Å²) in [5.41, 5.74) is 5.13. The molecule has 0 spiro atoms. The summed E-state index contributed by atoms with van der Waals surface area (Å²) in [6.07, 6.45) is 4.50. The summed E-state index contributed by atoms with van der Waals surface area (Å²) >= 11 is 0. The monoisotopic (exact) mass is 270 g/mol. The molecule has 0 aliphatic carbocycles. The molecule has 0 saturated carbocycles. The van der Waals surface area contributed by atoms with E-state index in [4.69, 9.17) is 4.74 Å². The average Bonchev–Trinajstić information content (AvgIpc) is 2.48. The van der Waals surface area contributed by atoms with Crippen molar-refractivity contribution in [1.29, 1.82) is 0 Å². The molecule has 0 aliphatic heterocycles. The van der Waals surface area contributed by atoms with E-state index in [9.17, 15) is 0 Å². The van der Waals surface area contributed by atoms with Gasteiger partial charge in [0, 0.05) is 17.8 Å². The van der Waals surface area contributed by atoms with Crippen molar-refractivity contribution in [2.75, 3.05) is 14.2 Å². The molecule has 2 aromatic rings. The van der Waals surface area contributed by atoms with E-state index in [0.29, 0.717) is 0 Å². The first-order valence-electron chi connectivity index (χ1n) is 6.87. The second kappa shape index (κ2) is 6.53. The number of pyridine rings is 1. The van der Waals surface area contributed by atoms with Gasteiger partial charge in [-0.25, -0.2) is 0 Å². The molecule has 1 N–H and O–H groups in total. The Hall–Kier alpha value is -1.87. The summed E-state index contributed by atoms with van der Waals surface area (Å²) in [4.78, 5) is 4.11. The number of benzene rings is 1. The Morgan fingerprint density at radius 2 is 2.00 bits per heavy atom. The highest BCUT2D eigenvalue weighted by molar-refractivity contribution is 5.36. The molecule has 20 heavy (non-hydrogen) atoms.